The van der Waals surface area contributed by atoms with E-state index in [0.717, 1.165) is 12.8 Å². The molecule has 1 heterocycles. The van der Waals surface area contributed by atoms with Crippen molar-refractivity contribution in [3.63, 3.8) is 0 Å². The minimum Gasteiger partial charge on any atom is -0.396 e. The molecule has 0 aromatic heterocycles. The molecule has 0 radical (unpaired) electrons. The number of aliphatic hydroxyl groups is 1. The lowest BCUT2D eigenvalue weighted by molar-refractivity contribution is -0.0382. The largest absolute Gasteiger partial charge is 0.396 e. The number of aliphatic hydroxyl groups excluding tert-OH is 1. The standard InChI is InChI=1S/C13H16ClFO2/c14-11-3-1-4-12(15)10(11)7-13(8-16)5-2-6-17-9-13/h1,3-4,16H,2,5-9H2. The summed E-state index contributed by atoms with van der Waals surface area (Å²) in [5.41, 5.74) is 0.0955. The van der Waals surface area contributed by atoms with Crippen LogP contribution in [0.15, 0.2) is 18.2 Å². The second-order valence-corrected chi connectivity index (χ2v) is 5.10. The van der Waals surface area contributed by atoms with E-state index >= 15 is 0 Å². The smallest absolute Gasteiger partial charge is 0.127 e. The van der Waals surface area contributed by atoms with Crippen LogP contribution in [0.2, 0.25) is 5.02 Å². The SMILES string of the molecule is OCC1(Cc2c(F)cccc2Cl)CCCOC1. The summed E-state index contributed by atoms with van der Waals surface area (Å²) < 4.78 is 19.1. The number of hydrogen-bond donors (Lipinski definition) is 1. The third-order valence-corrected chi connectivity index (χ3v) is 3.71. The summed E-state index contributed by atoms with van der Waals surface area (Å²) in [5, 5.41) is 9.96. The zero-order valence-corrected chi connectivity index (χ0v) is 10.3. The molecular weight excluding hydrogens is 243 g/mol. The molecule has 1 N–H and O–H groups in total. The van der Waals surface area contributed by atoms with Crippen molar-refractivity contribution < 1.29 is 14.2 Å². The molecule has 0 spiro atoms. The van der Waals surface area contributed by atoms with Crippen LogP contribution in [-0.2, 0) is 11.2 Å². The van der Waals surface area contributed by atoms with Crippen LogP contribution < -0.4 is 0 Å². The number of hydrogen-bond acceptors (Lipinski definition) is 2. The first-order valence-corrected chi connectivity index (χ1v) is 6.16. The van der Waals surface area contributed by atoms with Crippen LogP contribution in [-0.4, -0.2) is 24.9 Å². The quantitative estimate of drug-likeness (QED) is 0.903. The van der Waals surface area contributed by atoms with Crippen LogP contribution in [0.4, 0.5) is 4.39 Å². The van der Waals surface area contributed by atoms with Crippen LogP contribution in [0.25, 0.3) is 0 Å². The number of benzene rings is 1. The number of ether oxygens (including phenoxy) is 1. The summed E-state index contributed by atoms with van der Waals surface area (Å²) >= 11 is 6.01. The van der Waals surface area contributed by atoms with Crippen molar-refractivity contribution in [2.45, 2.75) is 19.3 Å². The third-order valence-electron chi connectivity index (χ3n) is 3.35. The van der Waals surface area contributed by atoms with Gasteiger partial charge in [-0.25, -0.2) is 4.39 Å². The molecule has 1 aromatic carbocycles. The summed E-state index contributed by atoms with van der Waals surface area (Å²) in [6, 6.07) is 4.66. The van der Waals surface area contributed by atoms with E-state index < -0.39 is 0 Å². The van der Waals surface area contributed by atoms with E-state index in [9.17, 15) is 9.50 Å². The second kappa shape index (κ2) is 5.34. The van der Waals surface area contributed by atoms with Gasteiger partial charge >= 0.3 is 0 Å². The van der Waals surface area contributed by atoms with E-state index in [1.807, 2.05) is 0 Å². The van der Waals surface area contributed by atoms with Crippen molar-refractivity contribution >= 4 is 11.6 Å². The molecule has 94 valence electrons. The Labute approximate surface area is 105 Å². The molecule has 0 bridgehead atoms. The van der Waals surface area contributed by atoms with Crippen LogP contribution in [0.5, 0.6) is 0 Å². The molecule has 2 rings (SSSR count). The van der Waals surface area contributed by atoms with Crippen LogP contribution in [0, 0.1) is 11.2 Å². The van der Waals surface area contributed by atoms with E-state index in [0.29, 0.717) is 30.2 Å². The molecule has 2 nitrogen and oxygen atoms in total. The predicted octanol–water partition coefficient (Wildman–Crippen LogP) is 2.81. The summed E-state index contributed by atoms with van der Waals surface area (Å²) in [7, 11) is 0. The molecule has 1 aliphatic heterocycles. The average Bonchev–Trinajstić information content (AvgIpc) is 2.35. The molecule has 4 heteroatoms. The highest BCUT2D eigenvalue weighted by Crippen LogP contribution is 2.35. The van der Waals surface area contributed by atoms with Gasteiger partial charge in [0, 0.05) is 22.6 Å². The van der Waals surface area contributed by atoms with Gasteiger partial charge in [-0.3, -0.25) is 0 Å². The normalized spacial score (nSPS) is 24.9. The summed E-state index contributed by atoms with van der Waals surface area (Å²) in [5.74, 6) is -0.309. The maximum absolute atomic E-state index is 13.7. The fraction of sp³-hybridized carbons (Fsp3) is 0.538. The fourth-order valence-electron chi connectivity index (χ4n) is 2.31. The fourth-order valence-corrected chi connectivity index (χ4v) is 2.54. The second-order valence-electron chi connectivity index (χ2n) is 4.69. The summed E-state index contributed by atoms with van der Waals surface area (Å²) in [6.45, 7) is 1.18. The Kier molecular flexibility index (Phi) is 4.02. The van der Waals surface area contributed by atoms with Crippen molar-refractivity contribution in [3.8, 4) is 0 Å². The Morgan fingerprint density at radius 1 is 1.47 bits per heavy atom. The van der Waals surface area contributed by atoms with Gasteiger partial charge in [-0.2, -0.15) is 0 Å². The molecule has 1 fully saturated rings. The Morgan fingerprint density at radius 3 is 2.88 bits per heavy atom. The van der Waals surface area contributed by atoms with Gasteiger partial charge < -0.3 is 9.84 Å². The van der Waals surface area contributed by atoms with Crippen LogP contribution >= 0.6 is 11.6 Å². The zero-order chi connectivity index (χ0) is 12.3. The van der Waals surface area contributed by atoms with Crippen molar-refractivity contribution in [2.75, 3.05) is 19.8 Å². The molecule has 1 unspecified atom stereocenters. The minimum absolute atomic E-state index is 0.00232. The Morgan fingerprint density at radius 2 is 2.29 bits per heavy atom. The van der Waals surface area contributed by atoms with Gasteiger partial charge in [-0.05, 0) is 31.4 Å². The van der Waals surface area contributed by atoms with E-state index in [4.69, 9.17) is 16.3 Å². The van der Waals surface area contributed by atoms with Gasteiger partial charge in [0.05, 0.1) is 13.2 Å². The van der Waals surface area contributed by atoms with Crippen LogP contribution in [0.3, 0.4) is 0 Å². The Hall–Kier alpha value is -0.640. The van der Waals surface area contributed by atoms with Crippen molar-refractivity contribution in [2.24, 2.45) is 5.41 Å². The van der Waals surface area contributed by atoms with E-state index in [2.05, 4.69) is 0 Å². The Balaban J connectivity index is 2.23. The van der Waals surface area contributed by atoms with Crippen LogP contribution in [0.1, 0.15) is 18.4 Å². The lowest BCUT2D eigenvalue weighted by atomic mass is 9.78. The first-order valence-electron chi connectivity index (χ1n) is 5.78. The molecule has 1 saturated heterocycles. The third kappa shape index (κ3) is 2.79. The van der Waals surface area contributed by atoms with Gasteiger partial charge in [-0.15, -0.1) is 0 Å². The maximum Gasteiger partial charge on any atom is 0.127 e. The Bertz CT molecular complexity index is 369. The summed E-state index contributed by atoms with van der Waals surface area (Å²) in [6.07, 6.45) is 2.16. The van der Waals surface area contributed by atoms with E-state index in [-0.39, 0.29) is 17.8 Å². The zero-order valence-electron chi connectivity index (χ0n) is 9.59. The molecule has 0 amide bonds. The highest BCUT2D eigenvalue weighted by atomic mass is 35.5. The van der Waals surface area contributed by atoms with Gasteiger partial charge in [0.2, 0.25) is 0 Å². The predicted molar refractivity (Wildman–Crippen MR) is 64.7 cm³/mol. The topological polar surface area (TPSA) is 29.5 Å². The van der Waals surface area contributed by atoms with Gasteiger partial charge in [0.15, 0.2) is 0 Å². The molecule has 0 aliphatic carbocycles. The maximum atomic E-state index is 13.7. The van der Waals surface area contributed by atoms with Crippen molar-refractivity contribution in [1.29, 1.82) is 0 Å². The molecule has 1 aromatic rings. The monoisotopic (exact) mass is 258 g/mol. The van der Waals surface area contributed by atoms with E-state index in [1.165, 1.54) is 6.07 Å². The molecule has 1 aliphatic rings. The van der Waals surface area contributed by atoms with Gasteiger partial charge in [0.25, 0.3) is 0 Å². The molecule has 0 saturated carbocycles. The van der Waals surface area contributed by atoms with Crippen molar-refractivity contribution in [1.82, 2.24) is 0 Å². The summed E-state index contributed by atoms with van der Waals surface area (Å²) in [4.78, 5) is 0. The molecule has 17 heavy (non-hydrogen) atoms. The molecule has 1 atom stereocenters. The highest BCUT2D eigenvalue weighted by molar-refractivity contribution is 6.31. The van der Waals surface area contributed by atoms with Crippen molar-refractivity contribution in [3.05, 3.63) is 34.6 Å². The first-order chi connectivity index (χ1) is 8.17. The minimum atomic E-state index is -0.385. The molecular formula is C13H16ClFO2. The van der Waals surface area contributed by atoms with E-state index in [1.54, 1.807) is 12.1 Å². The van der Waals surface area contributed by atoms with Gasteiger partial charge in [-0.1, -0.05) is 17.7 Å². The highest BCUT2D eigenvalue weighted by Gasteiger charge is 2.34. The lowest BCUT2D eigenvalue weighted by Gasteiger charge is -2.35. The number of halogens is 2. The number of rotatable bonds is 3. The first kappa shape index (κ1) is 12.8. The van der Waals surface area contributed by atoms with Gasteiger partial charge in [0.1, 0.15) is 5.82 Å². The average molecular weight is 259 g/mol. The lowest BCUT2D eigenvalue weighted by Crippen LogP contribution is -2.37.